The van der Waals surface area contributed by atoms with Gasteiger partial charge in [0.2, 0.25) is 0 Å². The van der Waals surface area contributed by atoms with Gasteiger partial charge in [-0.25, -0.2) is 5.43 Å². The van der Waals surface area contributed by atoms with E-state index in [9.17, 15) is 14.9 Å². The van der Waals surface area contributed by atoms with Crippen LogP contribution in [0.5, 0.6) is 0 Å². The monoisotopic (exact) mass is 372 g/mol. The number of carbonyl (C=O) groups excluding carboxylic acids is 1. The first-order valence-electron chi connectivity index (χ1n) is 8.17. The van der Waals surface area contributed by atoms with Gasteiger partial charge in [0, 0.05) is 30.9 Å². The van der Waals surface area contributed by atoms with Gasteiger partial charge in [-0.2, -0.15) is 5.10 Å². The number of non-ortho nitro benzene ring substituents is 1. The molecule has 1 heterocycles. The zero-order chi connectivity index (χ0) is 18.5. The lowest BCUT2D eigenvalue weighted by Gasteiger charge is -2.17. The fraction of sp³-hybridized carbons (Fsp3) is 0.222. The van der Waals surface area contributed by atoms with E-state index in [2.05, 4.69) is 15.4 Å². The zero-order valence-electron chi connectivity index (χ0n) is 13.9. The lowest BCUT2D eigenvalue weighted by Crippen LogP contribution is -2.18. The maximum Gasteiger partial charge on any atom is 0.272 e. The van der Waals surface area contributed by atoms with Crippen molar-refractivity contribution in [1.82, 2.24) is 5.43 Å². The third kappa shape index (κ3) is 4.18. The first kappa shape index (κ1) is 17.9. The Morgan fingerprint density at radius 3 is 2.50 bits per heavy atom. The summed E-state index contributed by atoms with van der Waals surface area (Å²) >= 11 is 5.92. The van der Waals surface area contributed by atoms with Crippen LogP contribution in [0.4, 0.5) is 11.4 Å². The number of anilines is 1. The van der Waals surface area contributed by atoms with Crippen LogP contribution in [0.3, 0.4) is 0 Å². The molecule has 1 fully saturated rings. The van der Waals surface area contributed by atoms with Crippen LogP contribution in [-0.2, 0) is 0 Å². The van der Waals surface area contributed by atoms with Gasteiger partial charge in [-0.3, -0.25) is 14.9 Å². The molecule has 7 nitrogen and oxygen atoms in total. The van der Waals surface area contributed by atoms with Crippen molar-refractivity contribution in [1.29, 1.82) is 0 Å². The van der Waals surface area contributed by atoms with Crippen LogP contribution >= 0.6 is 11.6 Å². The second-order valence-electron chi connectivity index (χ2n) is 5.91. The largest absolute Gasteiger partial charge is 0.372 e. The lowest BCUT2D eigenvalue weighted by atomic mass is 10.2. The van der Waals surface area contributed by atoms with Crippen molar-refractivity contribution in [2.24, 2.45) is 5.10 Å². The predicted molar refractivity (Wildman–Crippen MR) is 101 cm³/mol. The van der Waals surface area contributed by atoms with Crippen molar-refractivity contribution in [3.63, 3.8) is 0 Å². The molecule has 0 saturated carbocycles. The van der Waals surface area contributed by atoms with E-state index in [0.29, 0.717) is 0 Å². The molecule has 8 heteroatoms. The number of nitro groups is 1. The normalized spacial score (nSPS) is 14.0. The minimum atomic E-state index is -0.572. The highest BCUT2D eigenvalue weighted by molar-refractivity contribution is 6.34. The van der Waals surface area contributed by atoms with E-state index in [1.807, 2.05) is 24.3 Å². The molecule has 1 saturated heterocycles. The number of hydrogen-bond acceptors (Lipinski definition) is 5. The maximum absolute atomic E-state index is 12.1. The summed E-state index contributed by atoms with van der Waals surface area (Å²) < 4.78 is 0. The third-order valence-electron chi connectivity index (χ3n) is 4.15. The van der Waals surface area contributed by atoms with Crippen LogP contribution < -0.4 is 10.3 Å². The highest BCUT2D eigenvalue weighted by atomic mass is 35.5. The van der Waals surface area contributed by atoms with Gasteiger partial charge in [0.1, 0.15) is 0 Å². The number of amides is 1. The number of carbonyl (C=O) groups is 1. The Morgan fingerprint density at radius 2 is 1.88 bits per heavy atom. The number of nitro benzene ring substituents is 1. The summed E-state index contributed by atoms with van der Waals surface area (Å²) in [7, 11) is 0. The Balaban J connectivity index is 1.61. The number of nitrogens with zero attached hydrogens (tertiary/aromatic N) is 3. The van der Waals surface area contributed by atoms with Crippen molar-refractivity contribution in [3.8, 4) is 0 Å². The number of rotatable bonds is 5. The van der Waals surface area contributed by atoms with Crippen molar-refractivity contribution in [3.05, 3.63) is 68.7 Å². The van der Waals surface area contributed by atoms with Gasteiger partial charge < -0.3 is 4.90 Å². The third-order valence-corrected chi connectivity index (χ3v) is 4.46. The molecule has 1 aliphatic heterocycles. The van der Waals surface area contributed by atoms with E-state index < -0.39 is 10.8 Å². The number of hydrazone groups is 1. The lowest BCUT2D eigenvalue weighted by molar-refractivity contribution is -0.384. The molecule has 0 atom stereocenters. The van der Waals surface area contributed by atoms with Crippen molar-refractivity contribution in [2.75, 3.05) is 18.0 Å². The van der Waals surface area contributed by atoms with Gasteiger partial charge in [-0.05, 0) is 36.6 Å². The average molecular weight is 373 g/mol. The summed E-state index contributed by atoms with van der Waals surface area (Å²) in [6.45, 7) is 2.17. The number of benzene rings is 2. The first-order valence-corrected chi connectivity index (χ1v) is 8.55. The SMILES string of the molecule is O=C(NN=Cc1ccc(N2CCCC2)cc1)c1ccc([N+](=O)[O-])cc1Cl. The molecule has 1 N–H and O–H groups in total. The highest BCUT2D eigenvalue weighted by Crippen LogP contribution is 2.22. The molecule has 0 aromatic heterocycles. The summed E-state index contributed by atoms with van der Waals surface area (Å²) in [6.07, 6.45) is 3.98. The number of nitrogens with one attached hydrogen (secondary N) is 1. The van der Waals surface area contributed by atoms with Gasteiger partial charge in [-0.1, -0.05) is 23.7 Å². The fourth-order valence-corrected chi connectivity index (χ4v) is 3.03. The molecular weight excluding hydrogens is 356 g/mol. The Morgan fingerprint density at radius 1 is 1.19 bits per heavy atom. The molecule has 1 amide bonds. The Hall–Kier alpha value is -2.93. The second kappa shape index (κ2) is 7.97. The minimum absolute atomic E-state index is 0.00173. The summed E-state index contributed by atoms with van der Waals surface area (Å²) in [5.41, 5.74) is 4.36. The summed E-state index contributed by atoms with van der Waals surface area (Å²) in [5.74, 6) is -0.533. The molecule has 0 radical (unpaired) electrons. The molecule has 26 heavy (non-hydrogen) atoms. The van der Waals surface area contributed by atoms with Gasteiger partial charge in [0.25, 0.3) is 11.6 Å². The average Bonchev–Trinajstić information content (AvgIpc) is 3.16. The van der Waals surface area contributed by atoms with E-state index in [1.165, 1.54) is 36.9 Å². The van der Waals surface area contributed by atoms with E-state index in [-0.39, 0.29) is 16.3 Å². The summed E-state index contributed by atoms with van der Waals surface area (Å²) in [6, 6.07) is 11.6. The van der Waals surface area contributed by atoms with Crippen LogP contribution in [0.1, 0.15) is 28.8 Å². The van der Waals surface area contributed by atoms with E-state index in [4.69, 9.17) is 11.6 Å². The molecule has 0 aliphatic carbocycles. The summed E-state index contributed by atoms with van der Waals surface area (Å²) in [5, 5.41) is 14.6. The van der Waals surface area contributed by atoms with Crippen LogP contribution in [0.25, 0.3) is 0 Å². The fourth-order valence-electron chi connectivity index (χ4n) is 2.77. The van der Waals surface area contributed by atoms with Crippen LogP contribution in [-0.4, -0.2) is 30.1 Å². The molecule has 2 aromatic rings. The Labute approximate surface area is 155 Å². The number of hydrogen-bond donors (Lipinski definition) is 1. The molecule has 0 unspecified atom stereocenters. The standard InChI is InChI=1S/C18H17ClN4O3/c19-17-11-15(23(25)26)7-8-16(17)18(24)21-20-12-13-3-5-14(6-4-13)22-9-1-2-10-22/h3-8,11-12H,1-2,9-10H2,(H,21,24). The molecule has 3 rings (SSSR count). The predicted octanol–water partition coefficient (Wildman–Crippen LogP) is 3.61. The zero-order valence-corrected chi connectivity index (χ0v) is 14.6. The first-order chi connectivity index (χ1) is 12.5. The molecule has 134 valence electrons. The Bertz CT molecular complexity index is 846. The van der Waals surface area contributed by atoms with Gasteiger partial charge in [0.05, 0.1) is 21.7 Å². The van der Waals surface area contributed by atoms with Crippen LogP contribution in [0.15, 0.2) is 47.6 Å². The smallest absolute Gasteiger partial charge is 0.272 e. The molecule has 0 spiro atoms. The van der Waals surface area contributed by atoms with Crippen LogP contribution in [0, 0.1) is 10.1 Å². The quantitative estimate of drug-likeness (QED) is 0.493. The van der Waals surface area contributed by atoms with Crippen molar-refractivity contribution in [2.45, 2.75) is 12.8 Å². The van der Waals surface area contributed by atoms with Crippen molar-refractivity contribution < 1.29 is 9.72 Å². The summed E-state index contributed by atoms with van der Waals surface area (Å²) in [4.78, 5) is 24.5. The molecule has 1 aliphatic rings. The van der Waals surface area contributed by atoms with E-state index >= 15 is 0 Å². The molecule has 0 bridgehead atoms. The molecular formula is C18H17ClN4O3. The van der Waals surface area contributed by atoms with E-state index in [0.717, 1.165) is 24.7 Å². The Kier molecular flexibility index (Phi) is 5.48. The topological polar surface area (TPSA) is 87.8 Å². The van der Waals surface area contributed by atoms with Gasteiger partial charge in [-0.15, -0.1) is 0 Å². The van der Waals surface area contributed by atoms with Gasteiger partial charge >= 0.3 is 0 Å². The highest BCUT2D eigenvalue weighted by Gasteiger charge is 2.14. The van der Waals surface area contributed by atoms with Crippen molar-refractivity contribution >= 4 is 35.1 Å². The molecule has 2 aromatic carbocycles. The second-order valence-corrected chi connectivity index (χ2v) is 6.31. The van der Waals surface area contributed by atoms with E-state index in [1.54, 1.807) is 0 Å². The van der Waals surface area contributed by atoms with Gasteiger partial charge in [0.15, 0.2) is 0 Å². The maximum atomic E-state index is 12.1. The minimum Gasteiger partial charge on any atom is -0.372 e. The number of halogens is 1. The van der Waals surface area contributed by atoms with Crippen LogP contribution in [0.2, 0.25) is 5.02 Å².